The molecule has 1 fully saturated rings. The molecule has 1 saturated carbocycles. The Hall–Kier alpha value is -0.360. The molecule has 1 rings (SSSR count). The van der Waals surface area contributed by atoms with Crippen molar-refractivity contribution in [3.8, 4) is 0 Å². The molecule has 0 N–H and O–H groups in total. The normalized spacial score (nSPS) is 23.8. The third-order valence-corrected chi connectivity index (χ3v) is 4.11. The number of hydrogen-bond donors (Lipinski definition) is 2. The molecule has 1 aliphatic rings. The molecule has 4 nitrogen and oxygen atoms in total. The molecule has 6 heteroatoms. The highest BCUT2D eigenvalue weighted by Crippen LogP contribution is 2.36. The van der Waals surface area contributed by atoms with Crippen molar-refractivity contribution in [1.82, 2.24) is 0 Å². The molecule has 0 aromatic carbocycles. The minimum Gasteiger partial charge on any atom is -0.462 e. The Kier molecular flexibility index (Phi) is 6.53. The van der Waals surface area contributed by atoms with Crippen LogP contribution in [-0.2, 0) is 19.1 Å². The van der Waals surface area contributed by atoms with Crippen molar-refractivity contribution in [1.29, 1.82) is 0 Å². The summed E-state index contributed by atoms with van der Waals surface area (Å²) in [5.41, 5.74) is -0.488. The Morgan fingerprint density at radius 1 is 1.05 bits per heavy atom. The summed E-state index contributed by atoms with van der Waals surface area (Å²) in [6.45, 7) is 3.86. The van der Waals surface area contributed by atoms with Crippen LogP contribution in [0, 0.1) is 5.92 Å². The Labute approximate surface area is 125 Å². The van der Waals surface area contributed by atoms with Crippen molar-refractivity contribution < 1.29 is 19.1 Å². The summed E-state index contributed by atoms with van der Waals surface area (Å²) in [5, 5.41) is 0. The van der Waals surface area contributed by atoms with Crippen molar-refractivity contribution in [3.05, 3.63) is 0 Å². The number of esters is 2. The van der Waals surface area contributed by atoms with Gasteiger partial charge < -0.3 is 9.47 Å². The summed E-state index contributed by atoms with van der Waals surface area (Å²) in [7, 11) is 0. The van der Waals surface area contributed by atoms with Gasteiger partial charge in [-0.15, -0.1) is 0 Å². The van der Waals surface area contributed by atoms with E-state index in [0.29, 0.717) is 5.92 Å². The van der Waals surface area contributed by atoms with Crippen LogP contribution in [0.2, 0.25) is 0 Å². The van der Waals surface area contributed by atoms with Crippen molar-refractivity contribution >= 4 is 37.2 Å². The lowest BCUT2D eigenvalue weighted by atomic mass is 9.77. The highest BCUT2D eigenvalue weighted by Gasteiger charge is 2.36. The van der Waals surface area contributed by atoms with Gasteiger partial charge in [0, 0.05) is 0 Å². The molecule has 0 atom stereocenters. The summed E-state index contributed by atoms with van der Waals surface area (Å²) in [6.07, 6.45) is 3.37. The molecule has 0 unspecified atom stereocenters. The van der Waals surface area contributed by atoms with E-state index < -0.39 is 5.60 Å². The Bertz CT molecular complexity index is 323. The maximum atomic E-state index is 11.3. The molecule has 0 bridgehead atoms. The summed E-state index contributed by atoms with van der Waals surface area (Å²) >= 11 is 7.80. The molecule has 110 valence electrons. The van der Waals surface area contributed by atoms with E-state index in [-0.39, 0.29) is 29.5 Å². The third kappa shape index (κ3) is 5.26. The number of carbonyl (C=O) groups is 2. The average Bonchev–Trinajstić information content (AvgIpc) is 2.38. The highest BCUT2D eigenvalue weighted by atomic mass is 32.1. The Balaban J connectivity index is 2.44. The lowest BCUT2D eigenvalue weighted by Crippen LogP contribution is -2.40. The minimum atomic E-state index is -0.488. The zero-order valence-electron chi connectivity index (χ0n) is 11.4. The van der Waals surface area contributed by atoms with Gasteiger partial charge in [-0.2, -0.15) is 25.3 Å². The van der Waals surface area contributed by atoms with Gasteiger partial charge in [0.2, 0.25) is 0 Å². The number of rotatable bonds is 5. The molecule has 0 aromatic heterocycles. The van der Waals surface area contributed by atoms with E-state index >= 15 is 0 Å². The minimum absolute atomic E-state index is 0.0210. The molecule has 0 saturated heterocycles. The Morgan fingerprint density at radius 2 is 1.58 bits per heavy atom. The number of hydrogen-bond acceptors (Lipinski definition) is 6. The van der Waals surface area contributed by atoms with E-state index in [1.807, 2.05) is 13.8 Å². The summed E-state index contributed by atoms with van der Waals surface area (Å²) in [4.78, 5) is 22.5. The van der Waals surface area contributed by atoms with Gasteiger partial charge in [0.05, 0.1) is 11.5 Å². The van der Waals surface area contributed by atoms with Gasteiger partial charge in [-0.05, 0) is 45.4 Å². The van der Waals surface area contributed by atoms with Crippen molar-refractivity contribution in [2.75, 3.05) is 11.5 Å². The molecule has 0 spiro atoms. The summed E-state index contributed by atoms with van der Waals surface area (Å²) in [6, 6.07) is 0. The van der Waals surface area contributed by atoms with E-state index in [1.165, 1.54) is 0 Å². The highest BCUT2D eigenvalue weighted by molar-refractivity contribution is 7.81. The van der Waals surface area contributed by atoms with Gasteiger partial charge in [0.15, 0.2) is 0 Å². The second-order valence-corrected chi connectivity index (χ2v) is 5.99. The van der Waals surface area contributed by atoms with Crippen molar-refractivity contribution in [3.63, 3.8) is 0 Å². The fourth-order valence-electron chi connectivity index (χ4n) is 2.51. The fraction of sp³-hybridized carbons (Fsp3) is 0.846. The molecule has 0 amide bonds. The van der Waals surface area contributed by atoms with E-state index in [2.05, 4.69) is 25.3 Å². The second-order valence-electron chi connectivity index (χ2n) is 5.36. The van der Waals surface area contributed by atoms with E-state index in [4.69, 9.17) is 9.47 Å². The predicted octanol–water partition coefficient (Wildman–Crippen LogP) is 2.27. The first kappa shape index (κ1) is 16.7. The molecule has 0 aromatic rings. The van der Waals surface area contributed by atoms with Crippen LogP contribution in [0.25, 0.3) is 0 Å². The molecule has 0 heterocycles. The van der Waals surface area contributed by atoms with Crippen LogP contribution in [0.3, 0.4) is 0 Å². The smallest absolute Gasteiger partial charge is 0.316 e. The SMILES string of the molecule is CC(C)(OC(=O)CS)C1CCC(OC(=O)CS)CC1. The van der Waals surface area contributed by atoms with Crippen molar-refractivity contribution in [2.45, 2.75) is 51.2 Å². The largest absolute Gasteiger partial charge is 0.462 e. The van der Waals surface area contributed by atoms with E-state index in [1.54, 1.807) is 0 Å². The van der Waals surface area contributed by atoms with E-state index in [0.717, 1.165) is 25.7 Å². The van der Waals surface area contributed by atoms with Crippen LogP contribution in [0.15, 0.2) is 0 Å². The maximum Gasteiger partial charge on any atom is 0.316 e. The number of thiol groups is 2. The van der Waals surface area contributed by atoms with Crippen LogP contribution >= 0.6 is 25.3 Å². The first-order valence-corrected chi connectivity index (χ1v) is 7.78. The standard InChI is InChI=1S/C13H22O4S2/c1-13(2,17-12(15)8-19)9-3-5-10(6-4-9)16-11(14)7-18/h9-10,18-19H,3-8H2,1-2H3. The summed E-state index contributed by atoms with van der Waals surface area (Å²) < 4.78 is 10.7. The van der Waals surface area contributed by atoms with Gasteiger partial charge in [0.25, 0.3) is 0 Å². The monoisotopic (exact) mass is 306 g/mol. The molecular weight excluding hydrogens is 284 g/mol. The average molecular weight is 306 g/mol. The zero-order valence-corrected chi connectivity index (χ0v) is 13.2. The molecule has 1 aliphatic carbocycles. The third-order valence-electron chi connectivity index (χ3n) is 3.59. The second kappa shape index (κ2) is 7.43. The first-order chi connectivity index (χ1) is 8.89. The predicted molar refractivity (Wildman–Crippen MR) is 79.7 cm³/mol. The quantitative estimate of drug-likeness (QED) is 0.604. The van der Waals surface area contributed by atoms with Crippen LogP contribution in [0.5, 0.6) is 0 Å². The number of ether oxygens (including phenoxy) is 2. The van der Waals surface area contributed by atoms with Crippen LogP contribution in [-0.4, -0.2) is 35.1 Å². The van der Waals surface area contributed by atoms with Gasteiger partial charge in [-0.3, -0.25) is 9.59 Å². The van der Waals surface area contributed by atoms with Crippen LogP contribution in [0.4, 0.5) is 0 Å². The molecule has 0 radical (unpaired) electrons. The van der Waals surface area contributed by atoms with Crippen molar-refractivity contribution in [2.24, 2.45) is 5.92 Å². The van der Waals surface area contributed by atoms with Crippen LogP contribution in [0.1, 0.15) is 39.5 Å². The van der Waals surface area contributed by atoms with Gasteiger partial charge in [0.1, 0.15) is 11.7 Å². The Morgan fingerprint density at radius 3 is 2.05 bits per heavy atom. The van der Waals surface area contributed by atoms with E-state index in [9.17, 15) is 9.59 Å². The van der Waals surface area contributed by atoms with Gasteiger partial charge in [-0.25, -0.2) is 0 Å². The fourth-order valence-corrected chi connectivity index (χ4v) is 2.65. The lowest BCUT2D eigenvalue weighted by molar-refractivity contribution is -0.161. The lowest BCUT2D eigenvalue weighted by Gasteiger charge is -2.38. The van der Waals surface area contributed by atoms with Gasteiger partial charge >= 0.3 is 11.9 Å². The zero-order chi connectivity index (χ0) is 14.5. The topological polar surface area (TPSA) is 52.6 Å². The number of carbonyl (C=O) groups excluding carboxylic acids is 2. The maximum absolute atomic E-state index is 11.3. The van der Waals surface area contributed by atoms with Crippen LogP contribution < -0.4 is 0 Å². The summed E-state index contributed by atoms with van der Waals surface area (Å²) in [5.74, 6) is -0.0599. The molecule has 19 heavy (non-hydrogen) atoms. The first-order valence-electron chi connectivity index (χ1n) is 6.52. The van der Waals surface area contributed by atoms with Gasteiger partial charge in [-0.1, -0.05) is 0 Å². The molecule has 0 aliphatic heterocycles. The molecular formula is C13H22O4S2.